The van der Waals surface area contributed by atoms with E-state index in [4.69, 9.17) is 0 Å². The first-order valence-corrected chi connectivity index (χ1v) is 6.88. The van der Waals surface area contributed by atoms with E-state index in [1.165, 1.54) is 64.6 Å². The first kappa shape index (κ1) is 11.4. The molecule has 0 amide bonds. The van der Waals surface area contributed by atoms with E-state index in [2.05, 4.69) is 17.1 Å². The van der Waals surface area contributed by atoms with Gasteiger partial charge in [-0.25, -0.2) is 0 Å². The lowest BCUT2D eigenvalue weighted by Gasteiger charge is -2.40. The highest BCUT2D eigenvalue weighted by atomic mass is 15.2. The smallest absolute Gasteiger partial charge is 0.0111 e. The van der Waals surface area contributed by atoms with E-state index in [-0.39, 0.29) is 0 Å². The third-order valence-electron chi connectivity index (χ3n) is 4.16. The summed E-state index contributed by atoms with van der Waals surface area (Å²) in [6.45, 7) is 6.19. The average molecular weight is 210 g/mol. The van der Waals surface area contributed by atoms with E-state index >= 15 is 0 Å². The van der Waals surface area contributed by atoms with Crippen LogP contribution in [0, 0.1) is 0 Å². The van der Waals surface area contributed by atoms with Crippen molar-refractivity contribution in [3.05, 3.63) is 0 Å². The quantitative estimate of drug-likeness (QED) is 0.753. The summed E-state index contributed by atoms with van der Waals surface area (Å²) in [6, 6.07) is 1.77. The van der Waals surface area contributed by atoms with Crippen LogP contribution in [-0.4, -0.2) is 36.6 Å². The van der Waals surface area contributed by atoms with Crippen LogP contribution in [0.1, 0.15) is 51.9 Å². The SMILES string of the molecule is CCC1CCCCN1C1CCCNCC1. The number of nitrogens with zero attached hydrogens (tertiary/aromatic N) is 1. The standard InChI is InChI=1S/C13H26N2/c1-2-12-6-3-4-11-15(12)13-7-5-9-14-10-8-13/h12-14H,2-11H2,1H3. The van der Waals surface area contributed by atoms with E-state index < -0.39 is 0 Å². The summed E-state index contributed by atoms with van der Waals surface area (Å²) in [5, 5.41) is 3.52. The molecule has 0 aromatic rings. The highest BCUT2D eigenvalue weighted by molar-refractivity contribution is 4.84. The fourth-order valence-corrected chi connectivity index (χ4v) is 3.27. The van der Waals surface area contributed by atoms with Crippen LogP contribution in [0.3, 0.4) is 0 Å². The van der Waals surface area contributed by atoms with Crippen LogP contribution in [0.15, 0.2) is 0 Å². The minimum atomic E-state index is 0.880. The van der Waals surface area contributed by atoms with E-state index in [9.17, 15) is 0 Å². The largest absolute Gasteiger partial charge is 0.317 e. The molecule has 2 unspecified atom stereocenters. The number of hydrogen-bond donors (Lipinski definition) is 1. The monoisotopic (exact) mass is 210 g/mol. The molecule has 0 bridgehead atoms. The summed E-state index contributed by atoms with van der Waals surface area (Å²) < 4.78 is 0. The van der Waals surface area contributed by atoms with Crippen molar-refractivity contribution in [3.63, 3.8) is 0 Å². The first-order chi connectivity index (χ1) is 7.42. The van der Waals surface area contributed by atoms with Crippen LogP contribution in [-0.2, 0) is 0 Å². The van der Waals surface area contributed by atoms with Gasteiger partial charge in [0.15, 0.2) is 0 Å². The van der Waals surface area contributed by atoms with E-state index in [0.29, 0.717) is 0 Å². The molecule has 2 aliphatic heterocycles. The first-order valence-electron chi connectivity index (χ1n) is 6.88. The number of likely N-dealkylation sites (tertiary alicyclic amines) is 1. The van der Waals surface area contributed by atoms with Crippen molar-refractivity contribution in [2.45, 2.75) is 64.0 Å². The molecule has 2 heteroatoms. The van der Waals surface area contributed by atoms with Gasteiger partial charge in [0.2, 0.25) is 0 Å². The predicted molar refractivity (Wildman–Crippen MR) is 65.1 cm³/mol. The lowest BCUT2D eigenvalue weighted by molar-refractivity contribution is 0.0844. The summed E-state index contributed by atoms with van der Waals surface area (Å²) in [4.78, 5) is 2.83. The molecule has 2 aliphatic rings. The number of hydrogen-bond acceptors (Lipinski definition) is 2. The molecule has 2 saturated heterocycles. The van der Waals surface area contributed by atoms with Crippen LogP contribution >= 0.6 is 0 Å². The van der Waals surface area contributed by atoms with Crippen LogP contribution in [0.4, 0.5) is 0 Å². The van der Waals surface area contributed by atoms with Gasteiger partial charge < -0.3 is 5.32 Å². The zero-order valence-corrected chi connectivity index (χ0v) is 10.2. The Morgan fingerprint density at radius 3 is 2.87 bits per heavy atom. The van der Waals surface area contributed by atoms with Gasteiger partial charge in [-0.15, -0.1) is 0 Å². The average Bonchev–Trinajstić information content (AvgIpc) is 2.57. The zero-order valence-electron chi connectivity index (χ0n) is 10.2. The summed E-state index contributed by atoms with van der Waals surface area (Å²) in [6.07, 6.45) is 9.85. The van der Waals surface area contributed by atoms with Gasteiger partial charge in [0.1, 0.15) is 0 Å². The van der Waals surface area contributed by atoms with Gasteiger partial charge >= 0.3 is 0 Å². The summed E-state index contributed by atoms with van der Waals surface area (Å²) in [5.41, 5.74) is 0. The highest BCUT2D eigenvalue weighted by Crippen LogP contribution is 2.25. The van der Waals surface area contributed by atoms with Crippen LogP contribution in [0.25, 0.3) is 0 Å². The van der Waals surface area contributed by atoms with Gasteiger partial charge in [0, 0.05) is 12.1 Å². The molecule has 2 fully saturated rings. The number of nitrogens with one attached hydrogen (secondary N) is 1. The van der Waals surface area contributed by atoms with Crippen LogP contribution < -0.4 is 5.32 Å². The van der Waals surface area contributed by atoms with Crippen molar-refractivity contribution in [1.82, 2.24) is 10.2 Å². The second-order valence-corrected chi connectivity index (χ2v) is 5.13. The second kappa shape index (κ2) is 5.86. The lowest BCUT2D eigenvalue weighted by atomic mass is 9.95. The van der Waals surface area contributed by atoms with Crippen LogP contribution in [0.5, 0.6) is 0 Å². The molecule has 2 nitrogen and oxygen atoms in total. The second-order valence-electron chi connectivity index (χ2n) is 5.13. The molecule has 0 aromatic carbocycles. The Bertz CT molecular complexity index is 173. The Morgan fingerprint density at radius 2 is 2.00 bits per heavy atom. The molecule has 0 spiro atoms. The summed E-state index contributed by atoms with van der Waals surface area (Å²) in [5.74, 6) is 0. The molecule has 0 aromatic heterocycles. The van der Waals surface area contributed by atoms with Gasteiger partial charge in [0.25, 0.3) is 0 Å². The Labute approximate surface area is 94.4 Å². The summed E-state index contributed by atoms with van der Waals surface area (Å²) >= 11 is 0. The molecule has 2 atom stereocenters. The topological polar surface area (TPSA) is 15.3 Å². The molecule has 0 saturated carbocycles. The molecule has 2 heterocycles. The van der Waals surface area contributed by atoms with E-state index in [0.717, 1.165) is 12.1 Å². The number of piperidine rings is 1. The maximum atomic E-state index is 3.52. The molecule has 0 radical (unpaired) electrons. The minimum Gasteiger partial charge on any atom is -0.317 e. The van der Waals surface area contributed by atoms with E-state index in [1.54, 1.807) is 0 Å². The highest BCUT2D eigenvalue weighted by Gasteiger charge is 2.27. The Kier molecular flexibility index (Phi) is 4.45. The van der Waals surface area contributed by atoms with Gasteiger partial charge in [0.05, 0.1) is 0 Å². The molecule has 0 aliphatic carbocycles. The predicted octanol–water partition coefficient (Wildman–Crippen LogP) is 2.39. The van der Waals surface area contributed by atoms with Crippen molar-refractivity contribution in [2.75, 3.05) is 19.6 Å². The van der Waals surface area contributed by atoms with Crippen LogP contribution in [0.2, 0.25) is 0 Å². The van der Waals surface area contributed by atoms with Crippen molar-refractivity contribution >= 4 is 0 Å². The van der Waals surface area contributed by atoms with Gasteiger partial charge in [-0.2, -0.15) is 0 Å². The molecular weight excluding hydrogens is 184 g/mol. The normalized spacial score (nSPS) is 35.0. The molecule has 15 heavy (non-hydrogen) atoms. The molecule has 88 valence electrons. The Balaban J connectivity index is 1.92. The number of rotatable bonds is 2. The Morgan fingerprint density at radius 1 is 1.07 bits per heavy atom. The third-order valence-corrected chi connectivity index (χ3v) is 4.16. The van der Waals surface area contributed by atoms with Crippen molar-refractivity contribution in [1.29, 1.82) is 0 Å². The maximum Gasteiger partial charge on any atom is 0.0111 e. The summed E-state index contributed by atoms with van der Waals surface area (Å²) in [7, 11) is 0. The molecular formula is C13H26N2. The maximum absolute atomic E-state index is 3.52. The Hall–Kier alpha value is -0.0800. The van der Waals surface area contributed by atoms with Crippen molar-refractivity contribution < 1.29 is 0 Å². The molecule has 2 rings (SSSR count). The molecule has 1 N–H and O–H groups in total. The van der Waals surface area contributed by atoms with Gasteiger partial charge in [-0.1, -0.05) is 13.3 Å². The van der Waals surface area contributed by atoms with E-state index in [1.807, 2.05) is 0 Å². The third kappa shape index (κ3) is 2.94. The van der Waals surface area contributed by atoms with Crippen molar-refractivity contribution in [3.8, 4) is 0 Å². The lowest BCUT2D eigenvalue weighted by Crippen LogP contribution is -2.46. The van der Waals surface area contributed by atoms with Gasteiger partial charge in [-0.3, -0.25) is 4.90 Å². The minimum absolute atomic E-state index is 0.880. The zero-order chi connectivity index (χ0) is 10.5. The fourth-order valence-electron chi connectivity index (χ4n) is 3.27. The fraction of sp³-hybridized carbons (Fsp3) is 1.00. The van der Waals surface area contributed by atoms with Gasteiger partial charge in [-0.05, 0) is 58.2 Å². The van der Waals surface area contributed by atoms with Crippen molar-refractivity contribution in [2.24, 2.45) is 0 Å².